The molecule has 0 saturated heterocycles. The monoisotopic (exact) mass is 322 g/mol. The van der Waals surface area contributed by atoms with Crippen LogP contribution in [0.2, 0.25) is 0 Å². The Labute approximate surface area is 137 Å². The maximum atomic E-state index is 12.6. The van der Waals surface area contributed by atoms with Gasteiger partial charge in [-0.2, -0.15) is 0 Å². The molecule has 23 heavy (non-hydrogen) atoms. The van der Waals surface area contributed by atoms with Gasteiger partial charge in [-0.05, 0) is 35.2 Å². The quantitative estimate of drug-likeness (QED) is 0.703. The lowest BCUT2D eigenvalue weighted by Gasteiger charge is -2.10. The SMILES string of the molecule is O=S(=O)(Cc1ccccc1Cc1ccccc1)c1ccccc1. The Morgan fingerprint density at radius 2 is 1.13 bits per heavy atom. The zero-order chi connectivity index (χ0) is 16.1. The second-order valence-electron chi connectivity index (χ2n) is 5.50. The van der Waals surface area contributed by atoms with E-state index in [1.165, 1.54) is 5.56 Å². The van der Waals surface area contributed by atoms with Gasteiger partial charge in [-0.25, -0.2) is 8.42 Å². The van der Waals surface area contributed by atoms with Gasteiger partial charge >= 0.3 is 0 Å². The second kappa shape index (κ2) is 6.80. The van der Waals surface area contributed by atoms with Crippen molar-refractivity contribution in [3.63, 3.8) is 0 Å². The first kappa shape index (κ1) is 15.5. The summed E-state index contributed by atoms with van der Waals surface area (Å²) in [5.41, 5.74) is 3.09. The second-order valence-corrected chi connectivity index (χ2v) is 7.49. The molecule has 0 aromatic heterocycles. The lowest BCUT2D eigenvalue weighted by atomic mass is 10.0. The van der Waals surface area contributed by atoms with Crippen molar-refractivity contribution < 1.29 is 8.42 Å². The first-order chi connectivity index (χ1) is 11.1. The molecule has 0 bridgehead atoms. The molecule has 0 radical (unpaired) electrons. The molecule has 0 heterocycles. The first-order valence-electron chi connectivity index (χ1n) is 7.54. The molecule has 0 fully saturated rings. The van der Waals surface area contributed by atoms with Gasteiger partial charge in [0.2, 0.25) is 0 Å². The highest BCUT2D eigenvalue weighted by molar-refractivity contribution is 7.90. The van der Waals surface area contributed by atoms with Gasteiger partial charge in [0, 0.05) is 0 Å². The molecule has 116 valence electrons. The smallest absolute Gasteiger partial charge is 0.182 e. The fraction of sp³-hybridized carbons (Fsp3) is 0.100. The predicted molar refractivity (Wildman–Crippen MR) is 93.0 cm³/mol. The van der Waals surface area contributed by atoms with Gasteiger partial charge in [0.1, 0.15) is 0 Å². The van der Waals surface area contributed by atoms with E-state index in [1.54, 1.807) is 24.3 Å². The lowest BCUT2D eigenvalue weighted by molar-refractivity contribution is 0.595. The summed E-state index contributed by atoms with van der Waals surface area (Å²) in [5, 5.41) is 0. The van der Waals surface area contributed by atoms with Crippen LogP contribution >= 0.6 is 0 Å². The Hall–Kier alpha value is -2.39. The van der Waals surface area contributed by atoms with Crippen LogP contribution in [-0.4, -0.2) is 8.42 Å². The Kier molecular flexibility index (Phi) is 4.58. The van der Waals surface area contributed by atoms with Gasteiger partial charge in [-0.3, -0.25) is 0 Å². The highest BCUT2D eigenvalue weighted by Crippen LogP contribution is 2.21. The van der Waals surface area contributed by atoms with E-state index in [4.69, 9.17) is 0 Å². The van der Waals surface area contributed by atoms with Crippen molar-refractivity contribution in [3.8, 4) is 0 Å². The van der Waals surface area contributed by atoms with E-state index in [1.807, 2.05) is 48.5 Å². The highest BCUT2D eigenvalue weighted by Gasteiger charge is 2.16. The Morgan fingerprint density at radius 3 is 1.78 bits per heavy atom. The van der Waals surface area contributed by atoms with Crippen LogP contribution in [0.25, 0.3) is 0 Å². The minimum Gasteiger partial charge on any atom is -0.223 e. The van der Waals surface area contributed by atoms with Gasteiger partial charge in [0.05, 0.1) is 10.6 Å². The minimum absolute atomic E-state index is 0.0278. The summed E-state index contributed by atoms with van der Waals surface area (Å²) in [7, 11) is -3.33. The van der Waals surface area contributed by atoms with Gasteiger partial charge in [-0.1, -0.05) is 72.8 Å². The molecule has 3 heteroatoms. The Morgan fingerprint density at radius 1 is 0.609 bits per heavy atom. The third-order valence-corrected chi connectivity index (χ3v) is 5.49. The number of benzene rings is 3. The van der Waals surface area contributed by atoms with E-state index in [2.05, 4.69) is 12.1 Å². The normalized spacial score (nSPS) is 11.3. The number of rotatable bonds is 5. The molecule has 0 saturated carbocycles. The molecular formula is C20H18O2S. The topological polar surface area (TPSA) is 34.1 Å². The molecule has 3 rings (SSSR count). The molecule has 0 unspecified atom stereocenters. The summed E-state index contributed by atoms with van der Waals surface area (Å²) in [5.74, 6) is 0.0278. The summed E-state index contributed by atoms with van der Waals surface area (Å²) in [6, 6.07) is 26.5. The summed E-state index contributed by atoms with van der Waals surface area (Å²) >= 11 is 0. The Balaban J connectivity index is 1.89. The van der Waals surface area contributed by atoms with Crippen molar-refractivity contribution in [1.82, 2.24) is 0 Å². The predicted octanol–water partition coefficient (Wildman–Crippen LogP) is 4.25. The van der Waals surface area contributed by atoms with Crippen LogP contribution in [0.15, 0.2) is 89.8 Å². The summed E-state index contributed by atoms with van der Waals surface area (Å²) in [4.78, 5) is 0.370. The van der Waals surface area contributed by atoms with Crippen molar-refractivity contribution in [2.24, 2.45) is 0 Å². The molecule has 3 aromatic carbocycles. The maximum Gasteiger partial charge on any atom is 0.182 e. The Bertz CT molecular complexity index is 870. The van der Waals surface area contributed by atoms with E-state index in [0.29, 0.717) is 4.90 Å². The zero-order valence-corrected chi connectivity index (χ0v) is 13.5. The highest BCUT2D eigenvalue weighted by atomic mass is 32.2. The van der Waals surface area contributed by atoms with Crippen LogP contribution in [0.3, 0.4) is 0 Å². The van der Waals surface area contributed by atoms with Crippen molar-refractivity contribution in [2.75, 3.05) is 0 Å². The molecule has 0 spiro atoms. The zero-order valence-electron chi connectivity index (χ0n) is 12.7. The fourth-order valence-electron chi connectivity index (χ4n) is 2.60. The van der Waals surface area contributed by atoms with Crippen molar-refractivity contribution in [2.45, 2.75) is 17.1 Å². The molecule has 0 aliphatic carbocycles. The van der Waals surface area contributed by atoms with Gasteiger partial charge in [0.25, 0.3) is 0 Å². The van der Waals surface area contributed by atoms with Crippen LogP contribution in [0, 0.1) is 0 Å². The molecule has 0 atom stereocenters. The van der Waals surface area contributed by atoms with Gasteiger partial charge in [0.15, 0.2) is 9.84 Å². The maximum absolute atomic E-state index is 12.6. The van der Waals surface area contributed by atoms with E-state index < -0.39 is 9.84 Å². The minimum atomic E-state index is -3.33. The molecule has 0 N–H and O–H groups in total. The first-order valence-corrected chi connectivity index (χ1v) is 9.19. The average Bonchev–Trinajstić information content (AvgIpc) is 2.58. The number of sulfone groups is 1. The molecule has 2 nitrogen and oxygen atoms in total. The van der Waals surface area contributed by atoms with Gasteiger partial charge in [-0.15, -0.1) is 0 Å². The van der Waals surface area contributed by atoms with E-state index in [0.717, 1.165) is 17.5 Å². The average molecular weight is 322 g/mol. The molecule has 0 amide bonds. The summed E-state index contributed by atoms with van der Waals surface area (Å²) in [6.07, 6.45) is 0.737. The van der Waals surface area contributed by atoms with E-state index >= 15 is 0 Å². The largest absolute Gasteiger partial charge is 0.223 e. The fourth-order valence-corrected chi connectivity index (χ4v) is 4.03. The van der Waals surface area contributed by atoms with Crippen LogP contribution < -0.4 is 0 Å². The molecular weight excluding hydrogens is 304 g/mol. The number of hydrogen-bond acceptors (Lipinski definition) is 2. The van der Waals surface area contributed by atoms with Crippen LogP contribution in [0.1, 0.15) is 16.7 Å². The molecule has 0 aliphatic heterocycles. The van der Waals surface area contributed by atoms with Crippen LogP contribution in [0.5, 0.6) is 0 Å². The third kappa shape index (κ3) is 3.88. The van der Waals surface area contributed by atoms with E-state index in [9.17, 15) is 8.42 Å². The number of hydrogen-bond donors (Lipinski definition) is 0. The van der Waals surface area contributed by atoms with Gasteiger partial charge < -0.3 is 0 Å². The van der Waals surface area contributed by atoms with Crippen LogP contribution in [0.4, 0.5) is 0 Å². The van der Waals surface area contributed by atoms with Crippen LogP contribution in [-0.2, 0) is 22.0 Å². The van der Waals surface area contributed by atoms with Crippen molar-refractivity contribution in [3.05, 3.63) is 102 Å². The van der Waals surface area contributed by atoms with Crippen molar-refractivity contribution >= 4 is 9.84 Å². The van der Waals surface area contributed by atoms with Crippen molar-refractivity contribution in [1.29, 1.82) is 0 Å². The molecule has 0 aliphatic rings. The summed E-state index contributed by atoms with van der Waals surface area (Å²) < 4.78 is 25.2. The standard InChI is InChI=1S/C20H18O2S/c21-23(22,20-13-5-2-6-14-20)16-19-12-8-7-11-18(19)15-17-9-3-1-4-10-17/h1-14H,15-16H2. The third-order valence-electron chi connectivity index (χ3n) is 3.80. The lowest BCUT2D eigenvalue weighted by Crippen LogP contribution is -2.07. The summed E-state index contributed by atoms with van der Waals surface area (Å²) in [6.45, 7) is 0. The molecule has 3 aromatic rings. The van der Waals surface area contributed by atoms with E-state index in [-0.39, 0.29) is 5.75 Å².